The molecule has 0 radical (unpaired) electrons. The van der Waals surface area contributed by atoms with Crippen LogP contribution in [0.5, 0.6) is 0 Å². The Morgan fingerprint density at radius 1 is 1.09 bits per heavy atom. The van der Waals surface area contributed by atoms with Crippen LogP contribution < -0.4 is 0 Å². The molecule has 0 aliphatic carbocycles. The topological polar surface area (TPSA) is 41.4 Å². The quantitative estimate of drug-likeness (QED) is 0.652. The molecule has 1 amide bonds. The van der Waals surface area contributed by atoms with Crippen molar-refractivity contribution in [3.05, 3.63) is 52.3 Å². The van der Waals surface area contributed by atoms with Gasteiger partial charge >= 0.3 is 6.18 Å². The van der Waals surface area contributed by atoms with Crippen molar-refractivity contribution in [2.75, 3.05) is 26.2 Å². The van der Waals surface area contributed by atoms with Gasteiger partial charge in [0.2, 0.25) is 0 Å². The minimum Gasteiger partial charge on any atom is -0.337 e. The summed E-state index contributed by atoms with van der Waals surface area (Å²) in [6.07, 6.45) is 1.20. The average Bonchev–Trinajstić information content (AvgIpc) is 3.15. The highest BCUT2D eigenvalue weighted by molar-refractivity contribution is 5.94. The van der Waals surface area contributed by atoms with Crippen molar-refractivity contribution in [1.82, 2.24) is 19.6 Å². The SMILES string of the molecule is CCCn1nc(C(=O)N2CCCCC2)c2c1CCN(CCc1cccc(C(F)(F)F)c1)C2. The van der Waals surface area contributed by atoms with Gasteiger partial charge in [-0.2, -0.15) is 18.3 Å². The number of hydrogen-bond acceptors (Lipinski definition) is 3. The number of alkyl halides is 3. The second kappa shape index (κ2) is 9.65. The van der Waals surface area contributed by atoms with Gasteiger partial charge in [0.05, 0.1) is 5.56 Å². The Morgan fingerprint density at radius 3 is 2.59 bits per heavy atom. The Kier molecular flexibility index (Phi) is 6.88. The molecule has 0 N–H and O–H groups in total. The number of nitrogens with zero attached hydrogens (tertiary/aromatic N) is 4. The fourth-order valence-corrected chi connectivity index (χ4v) is 4.74. The molecule has 2 aromatic rings. The molecule has 0 unspecified atom stereocenters. The van der Waals surface area contributed by atoms with Crippen molar-refractivity contribution in [3.8, 4) is 0 Å². The van der Waals surface area contributed by atoms with E-state index in [2.05, 4.69) is 11.8 Å². The zero-order valence-electron chi connectivity index (χ0n) is 18.6. The fourth-order valence-electron chi connectivity index (χ4n) is 4.74. The average molecular weight is 449 g/mol. The highest BCUT2D eigenvalue weighted by atomic mass is 19.4. The number of benzene rings is 1. The maximum Gasteiger partial charge on any atom is 0.416 e. The molecule has 174 valence electrons. The smallest absolute Gasteiger partial charge is 0.337 e. The van der Waals surface area contributed by atoms with Crippen LogP contribution in [0.15, 0.2) is 24.3 Å². The van der Waals surface area contributed by atoms with Crippen molar-refractivity contribution in [3.63, 3.8) is 0 Å². The number of rotatable bonds is 6. The first-order valence-electron chi connectivity index (χ1n) is 11.6. The van der Waals surface area contributed by atoms with Crippen molar-refractivity contribution in [2.45, 2.75) is 64.7 Å². The molecule has 5 nitrogen and oxygen atoms in total. The summed E-state index contributed by atoms with van der Waals surface area (Å²) in [7, 11) is 0. The summed E-state index contributed by atoms with van der Waals surface area (Å²) in [5, 5.41) is 4.72. The van der Waals surface area contributed by atoms with Gasteiger partial charge in [0.1, 0.15) is 0 Å². The number of halogens is 3. The van der Waals surface area contributed by atoms with Crippen LogP contribution in [0.1, 0.15) is 65.5 Å². The largest absolute Gasteiger partial charge is 0.416 e. The lowest BCUT2D eigenvalue weighted by Crippen LogP contribution is -2.37. The lowest BCUT2D eigenvalue weighted by atomic mass is 10.0. The standard InChI is InChI=1S/C24H31F3N4O/c1-2-11-31-21-10-15-29(14-9-18-7-6-8-19(16-18)24(25,26)27)17-20(21)22(28-31)23(32)30-12-4-3-5-13-30/h6-8,16H,2-5,9-15,17H2,1H3. The van der Waals surface area contributed by atoms with Gasteiger partial charge in [-0.05, 0) is 43.7 Å². The molecule has 1 saturated heterocycles. The molecule has 8 heteroatoms. The highest BCUT2D eigenvalue weighted by Crippen LogP contribution is 2.30. The molecule has 2 aliphatic rings. The molecule has 0 spiro atoms. The van der Waals surface area contributed by atoms with E-state index < -0.39 is 11.7 Å². The summed E-state index contributed by atoms with van der Waals surface area (Å²) in [5.74, 6) is 0.0236. The first-order valence-corrected chi connectivity index (χ1v) is 11.6. The molecule has 1 aromatic carbocycles. The Morgan fingerprint density at radius 2 is 1.88 bits per heavy atom. The van der Waals surface area contributed by atoms with E-state index in [-0.39, 0.29) is 5.91 Å². The molecule has 0 atom stereocenters. The number of fused-ring (bicyclic) bond motifs is 1. The summed E-state index contributed by atoms with van der Waals surface area (Å²) in [5.41, 5.74) is 2.79. The Labute approximate surface area is 187 Å². The van der Waals surface area contributed by atoms with Crippen LogP contribution in [-0.2, 0) is 32.1 Å². The van der Waals surface area contributed by atoms with Crippen LogP contribution in [0.4, 0.5) is 13.2 Å². The lowest BCUT2D eigenvalue weighted by molar-refractivity contribution is -0.137. The number of amides is 1. The minimum atomic E-state index is -4.33. The molecule has 4 rings (SSSR count). The first kappa shape index (κ1) is 22.8. The van der Waals surface area contributed by atoms with Crippen molar-refractivity contribution in [1.29, 1.82) is 0 Å². The first-order chi connectivity index (χ1) is 15.4. The Balaban J connectivity index is 1.49. The lowest BCUT2D eigenvalue weighted by Gasteiger charge is -2.29. The molecule has 1 fully saturated rings. The Bertz CT molecular complexity index is 947. The third kappa shape index (κ3) is 5.00. The number of carbonyl (C=O) groups excluding carboxylic acids is 1. The van der Waals surface area contributed by atoms with Crippen LogP contribution in [0.25, 0.3) is 0 Å². The van der Waals surface area contributed by atoms with Gasteiger partial charge in [-0.1, -0.05) is 25.1 Å². The maximum atomic E-state index is 13.2. The van der Waals surface area contributed by atoms with Gasteiger partial charge in [0, 0.05) is 56.9 Å². The zero-order valence-corrected chi connectivity index (χ0v) is 18.6. The maximum absolute atomic E-state index is 13.2. The summed E-state index contributed by atoms with van der Waals surface area (Å²) in [6, 6.07) is 5.56. The van der Waals surface area contributed by atoms with Crippen molar-refractivity contribution < 1.29 is 18.0 Å². The van der Waals surface area contributed by atoms with E-state index in [0.29, 0.717) is 30.8 Å². The number of aromatic nitrogens is 2. The molecule has 0 bridgehead atoms. The van der Waals surface area contributed by atoms with Gasteiger partial charge in [0.15, 0.2) is 5.69 Å². The van der Waals surface area contributed by atoms with E-state index in [1.165, 1.54) is 12.1 Å². The van der Waals surface area contributed by atoms with Gasteiger partial charge in [0.25, 0.3) is 5.91 Å². The van der Waals surface area contributed by atoms with Crippen LogP contribution in [0, 0.1) is 0 Å². The molecule has 32 heavy (non-hydrogen) atoms. The van der Waals surface area contributed by atoms with E-state index in [0.717, 1.165) is 75.6 Å². The highest BCUT2D eigenvalue weighted by Gasteiger charge is 2.32. The number of aryl methyl sites for hydroxylation is 1. The molecular formula is C24H31F3N4O. The molecular weight excluding hydrogens is 417 g/mol. The number of piperidine rings is 1. The second-order valence-electron chi connectivity index (χ2n) is 8.82. The third-order valence-corrected chi connectivity index (χ3v) is 6.47. The molecule has 3 heterocycles. The van der Waals surface area contributed by atoms with Gasteiger partial charge < -0.3 is 4.90 Å². The number of hydrogen-bond donors (Lipinski definition) is 0. The van der Waals surface area contributed by atoms with Crippen LogP contribution >= 0.6 is 0 Å². The third-order valence-electron chi connectivity index (χ3n) is 6.47. The predicted octanol–water partition coefficient (Wildman–Crippen LogP) is 4.54. The molecule has 2 aliphatic heterocycles. The molecule has 0 saturated carbocycles. The Hall–Kier alpha value is -2.35. The van der Waals surface area contributed by atoms with Gasteiger partial charge in [-0.15, -0.1) is 0 Å². The van der Waals surface area contributed by atoms with E-state index >= 15 is 0 Å². The summed E-state index contributed by atoms with van der Waals surface area (Å²) in [4.78, 5) is 17.4. The number of carbonyl (C=O) groups is 1. The normalized spacial score (nSPS) is 17.4. The van der Waals surface area contributed by atoms with Crippen molar-refractivity contribution in [2.24, 2.45) is 0 Å². The van der Waals surface area contributed by atoms with Crippen molar-refractivity contribution >= 4 is 5.91 Å². The van der Waals surface area contributed by atoms with Gasteiger partial charge in [-0.3, -0.25) is 14.4 Å². The fraction of sp³-hybridized carbons (Fsp3) is 0.583. The monoisotopic (exact) mass is 448 g/mol. The molecule has 1 aromatic heterocycles. The van der Waals surface area contributed by atoms with E-state index in [4.69, 9.17) is 5.10 Å². The second-order valence-corrected chi connectivity index (χ2v) is 8.82. The number of likely N-dealkylation sites (tertiary alicyclic amines) is 1. The van der Waals surface area contributed by atoms with E-state index in [1.807, 2.05) is 9.58 Å². The van der Waals surface area contributed by atoms with Gasteiger partial charge in [-0.25, -0.2) is 0 Å². The zero-order chi connectivity index (χ0) is 22.7. The summed E-state index contributed by atoms with van der Waals surface area (Å²) >= 11 is 0. The minimum absolute atomic E-state index is 0.0236. The van der Waals surface area contributed by atoms with Crippen LogP contribution in [0.3, 0.4) is 0 Å². The summed E-state index contributed by atoms with van der Waals surface area (Å²) in [6.45, 7) is 6.55. The van der Waals surface area contributed by atoms with Crippen LogP contribution in [0.2, 0.25) is 0 Å². The predicted molar refractivity (Wildman–Crippen MR) is 116 cm³/mol. The summed E-state index contributed by atoms with van der Waals surface area (Å²) < 4.78 is 41.0. The van der Waals surface area contributed by atoms with E-state index in [1.54, 1.807) is 6.07 Å². The van der Waals surface area contributed by atoms with E-state index in [9.17, 15) is 18.0 Å². The van der Waals surface area contributed by atoms with Crippen LogP contribution in [-0.4, -0.2) is 51.7 Å².